The van der Waals surface area contributed by atoms with Crippen LogP contribution in [0.5, 0.6) is 0 Å². The predicted molar refractivity (Wildman–Crippen MR) is 150 cm³/mol. The predicted octanol–water partition coefficient (Wildman–Crippen LogP) is 7.58. The van der Waals surface area contributed by atoms with Crippen LogP contribution in [0.25, 0.3) is 0 Å². The molecule has 1 heterocycles. The van der Waals surface area contributed by atoms with Crippen LogP contribution in [-0.2, 0) is 10.8 Å². The fourth-order valence-electron chi connectivity index (χ4n) is 5.64. The smallest absolute Gasteiger partial charge is 0.335 e. The van der Waals surface area contributed by atoms with Gasteiger partial charge in [-0.05, 0) is 77.3 Å². The number of hydrogen-bond donors (Lipinski definition) is 1. The third kappa shape index (κ3) is 4.16. The van der Waals surface area contributed by atoms with Crippen LogP contribution in [0.4, 0.5) is 17.1 Å². The SMILES string of the molecule is CCC(=O)c1ccc2c(c1)N=C(c1ccc(C(=O)O)cc1)c1cc3c(cc1N2C)C(C)(C)CCC3(C)C. The van der Waals surface area contributed by atoms with Crippen LogP contribution < -0.4 is 4.90 Å². The Bertz CT molecular complexity index is 1460. The summed E-state index contributed by atoms with van der Waals surface area (Å²) in [6.07, 6.45) is 2.65. The topological polar surface area (TPSA) is 70.0 Å². The summed E-state index contributed by atoms with van der Waals surface area (Å²) < 4.78 is 0. The molecule has 1 aliphatic heterocycles. The highest BCUT2D eigenvalue weighted by Crippen LogP contribution is 2.50. The number of carbonyl (C=O) groups excluding carboxylic acids is 1. The van der Waals surface area contributed by atoms with Crippen molar-refractivity contribution in [2.24, 2.45) is 4.99 Å². The number of Topliss-reactive ketones (excluding diaryl/α,β-unsaturated/α-hetero) is 1. The van der Waals surface area contributed by atoms with E-state index in [1.165, 1.54) is 11.1 Å². The molecule has 0 aromatic heterocycles. The molecule has 0 fully saturated rings. The minimum atomic E-state index is -0.958. The van der Waals surface area contributed by atoms with Crippen molar-refractivity contribution in [1.82, 2.24) is 0 Å². The lowest BCUT2D eigenvalue weighted by atomic mass is 9.62. The molecule has 5 heteroatoms. The van der Waals surface area contributed by atoms with E-state index in [2.05, 4.69) is 51.8 Å². The number of hydrogen-bond acceptors (Lipinski definition) is 4. The van der Waals surface area contributed by atoms with E-state index in [9.17, 15) is 14.7 Å². The first-order valence-corrected chi connectivity index (χ1v) is 13.0. The van der Waals surface area contributed by atoms with Gasteiger partial charge in [0, 0.05) is 30.2 Å². The number of nitrogens with zero attached hydrogens (tertiary/aromatic N) is 2. The highest BCUT2D eigenvalue weighted by Gasteiger charge is 2.39. The Morgan fingerprint density at radius 1 is 0.865 bits per heavy atom. The van der Waals surface area contributed by atoms with Gasteiger partial charge in [-0.15, -0.1) is 0 Å². The van der Waals surface area contributed by atoms with Crippen LogP contribution in [0.1, 0.15) is 96.9 Å². The lowest BCUT2D eigenvalue weighted by molar-refractivity contribution is 0.0696. The first-order valence-electron chi connectivity index (χ1n) is 13.0. The molecule has 0 atom stereocenters. The van der Waals surface area contributed by atoms with Crippen molar-refractivity contribution in [3.05, 3.63) is 88.0 Å². The number of aromatic carboxylic acids is 1. The van der Waals surface area contributed by atoms with Crippen molar-refractivity contribution >= 4 is 34.5 Å². The van der Waals surface area contributed by atoms with Crippen LogP contribution >= 0.6 is 0 Å². The zero-order valence-electron chi connectivity index (χ0n) is 22.5. The third-order valence-corrected chi connectivity index (χ3v) is 8.20. The van der Waals surface area contributed by atoms with Crippen LogP contribution in [0.15, 0.2) is 59.6 Å². The second kappa shape index (κ2) is 8.69. The van der Waals surface area contributed by atoms with Crippen molar-refractivity contribution in [3.8, 4) is 0 Å². The fourth-order valence-corrected chi connectivity index (χ4v) is 5.64. The summed E-state index contributed by atoms with van der Waals surface area (Å²) in [5.41, 5.74) is 8.98. The van der Waals surface area contributed by atoms with Crippen LogP contribution in [0, 0.1) is 0 Å². The van der Waals surface area contributed by atoms with Gasteiger partial charge in [-0.3, -0.25) is 4.79 Å². The van der Waals surface area contributed by atoms with E-state index in [1.54, 1.807) is 12.1 Å². The molecule has 190 valence electrons. The number of carboxylic acids is 1. The number of benzene rings is 3. The number of carboxylic acid groups (broad SMARTS) is 1. The minimum Gasteiger partial charge on any atom is -0.478 e. The first-order chi connectivity index (χ1) is 17.4. The van der Waals surface area contributed by atoms with Gasteiger partial charge in [0.1, 0.15) is 0 Å². The van der Waals surface area contributed by atoms with Gasteiger partial charge in [0.05, 0.1) is 28.3 Å². The van der Waals surface area contributed by atoms with Gasteiger partial charge in [0.2, 0.25) is 0 Å². The third-order valence-electron chi connectivity index (χ3n) is 8.20. The average molecular weight is 495 g/mol. The maximum Gasteiger partial charge on any atom is 0.335 e. The number of anilines is 2. The summed E-state index contributed by atoms with van der Waals surface area (Å²) in [6.45, 7) is 11.1. The van der Waals surface area contributed by atoms with Crippen molar-refractivity contribution in [3.63, 3.8) is 0 Å². The van der Waals surface area contributed by atoms with Crippen molar-refractivity contribution < 1.29 is 14.7 Å². The van der Waals surface area contributed by atoms with Gasteiger partial charge in [0.15, 0.2) is 5.78 Å². The summed E-state index contributed by atoms with van der Waals surface area (Å²) in [6, 6.07) is 17.3. The Morgan fingerprint density at radius 2 is 1.46 bits per heavy atom. The number of fused-ring (bicyclic) bond motifs is 3. The van der Waals surface area contributed by atoms with Crippen molar-refractivity contribution in [1.29, 1.82) is 0 Å². The highest BCUT2D eigenvalue weighted by atomic mass is 16.4. The van der Waals surface area contributed by atoms with Gasteiger partial charge in [0.25, 0.3) is 0 Å². The molecule has 1 N–H and O–H groups in total. The Hall–Kier alpha value is -3.73. The molecular formula is C32H34N2O3. The fraction of sp³-hybridized carbons (Fsp3) is 0.344. The normalized spacial score (nSPS) is 17.1. The molecule has 37 heavy (non-hydrogen) atoms. The highest BCUT2D eigenvalue weighted by molar-refractivity contribution is 6.19. The molecule has 0 radical (unpaired) electrons. The molecule has 5 rings (SSSR count). The first kappa shape index (κ1) is 24.9. The Balaban J connectivity index is 1.82. The van der Waals surface area contributed by atoms with Crippen molar-refractivity contribution in [2.75, 3.05) is 11.9 Å². The van der Waals surface area contributed by atoms with Gasteiger partial charge in [-0.1, -0.05) is 46.8 Å². The van der Waals surface area contributed by atoms with E-state index in [0.717, 1.165) is 46.7 Å². The summed E-state index contributed by atoms with van der Waals surface area (Å²) in [5, 5.41) is 9.43. The second-order valence-corrected chi connectivity index (χ2v) is 11.6. The number of rotatable bonds is 4. The van der Waals surface area contributed by atoms with E-state index < -0.39 is 5.97 Å². The lowest BCUT2D eigenvalue weighted by Gasteiger charge is -2.43. The average Bonchev–Trinajstić information content (AvgIpc) is 2.99. The summed E-state index contributed by atoms with van der Waals surface area (Å²) >= 11 is 0. The van der Waals surface area contributed by atoms with Crippen molar-refractivity contribution in [2.45, 2.75) is 64.7 Å². The van der Waals surface area contributed by atoms with E-state index >= 15 is 0 Å². The zero-order valence-corrected chi connectivity index (χ0v) is 22.5. The molecule has 0 saturated heterocycles. The van der Waals surface area contributed by atoms with E-state index in [1.807, 2.05) is 37.3 Å². The largest absolute Gasteiger partial charge is 0.478 e. The molecule has 0 amide bonds. The Labute approximate surface area is 218 Å². The van der Waals surface area contributed by atoms with Gasteiger partial charge >= 0.3 is 5.97 Å². The molecule has 0 saturated carbocycles. The van der Waals surface area contributed by atoms with Gasteiger partial charge < -0.3 is 10.0 Å². The summed E-state index contributed by atoms with van der Waals surface area (Å²) in [4.78, 5) is 31.4. The molecule has 0 unspecified atom stereocenters. The second-order valence-electron chi connectivity index (χ2n) is 11.6. The molecule has 0 spiro atoms. The van der Waals surface area contributed by atoms with Gasteiger partial charge in [-0.2, -0.15) is 0 Å². The van der Waals surface area contributed by atoms with E-state index in [4.69, 9.17) is 4.99 Å². The summed E-state index contributed by atoms with van der Waals surface area (Å²) in [7, 11) is 2.05. The Kier molecular flexibility index (Phi) is 5.86. The number of carbonyl (C=O) groups is 2. The van der Waals surface area contributed by atoms with E-state index in [-0.39, 0.29) is 22.2 Å². The van der Waals surface area contributed by atoms with E-state index in [0.29, 0.717) is 12.0 Å². The molecule has 5 nitrogen and oxygen atoms in total. The molecule has 3 aromatic rings. The quantitative estimate of drug-likeness (QED) is 0.380. The molecule has 0 bridgehead atoms. The maximum absolute atomic E-state index is 12.5. The van der Waals surface area contributed by atoms with Crippen LogP contribution in [0.3, 0.4) is 0 Å². The molecule has 2 aliphatic rings. The summed E-state index contributed by atoms with van der Waals surface area (Å²) in [5.74, 6) is -0.880. The lowest BCUT2D eigenvalue weighted by Crippen LogP contribution is -2.34. The molecule has 1 aliphatic carbocycles. The molecular weight excluding hydrogens is 460 g/mol. The zero-order chi connectivity index (χ0) is 26.7. The maximum atomic E-state index is 12.5. The monoisotopic (exact) mass is 494 g/mol. The van der Waals surface area contributed by atoms with Gasteiger partial charge in [-0.25, -0.2) is 9.79 Å². The number of ketones is 1. The number of aliphatic imine (C=N–C) groups is 1. The molecule has 3 aromatic carbocycles. The van der Waals surface area contributed by atoms with Crippen LogP contribution in [-0.4, -0.2) is 29.6 Å². The standard InChI is InChI=1S/C32H34N2O3/c1-7-28(35)21-12-13-26-25(16-21)33-29(19-8-10-20(11-9-19)30(36)37)22-17-23-24(18-27(22)34(26)6)32(4,5)15-14-31(23,2)3/h8-13,16-18H,7,14-15H2,1-6H3,(H,36,37). The Morgan fingerprint density at radius 3 is 2.05 bits per heavy atom. The van der Waals surface area contributed by atoms with Crippen LogP contribution in [0.2, 0.25) is 0 Å². The minimum absolute atomic E-state index is 0.0244.